The van der Waals surface area contributed by atoms with Crippen LogP contribution in [0.2, 0.25) is 0 Å². The van der Waals surface area contributed by atoms with Crippen LogP contribution >= 0.6 is 0 Å². The van der Waals surface area contributed by atoms with Crippen molar-refractivity contribution in [3.05, 3.63) is 24.3 Å². The first-order chi connectivity index (χ1) is 12.2. The van der Waals surface area contributed by atoms with Gasteiger partial charge in [-0.05, 0) is 30.2 Å². The number of nitrogens with one attached hydrogen (secondary N) is 3. The van der Waals surface area contributed by atoms with E-state index < -0.39 is 28.1 Å². The van der Waals surface area contributed by atoms with Crippen molar-refractivity contribution in [1.82, 2.24) is 10.6 Å². The van der Waals surface area contributed by atoms with Crippen molar-refractivity contribution < 1.29 is 27.9 Å². The number of hydrogen-bond donors (Lipinski definition) is 4. The summed E-state index contributed by atoms with van der Waals surface area (Å²) in [6.07, 6.45) is -0.713. The van der Waals surface area contributed by atoms with Gasteiger partial charge in [0, 0.05) is 12.2 Å². The molecule has 1 aromatic rings. The SMILES string of the molecule is CC[C@H](C)C(NC(=O)O)C(=O)NCCS(=O)(=O)Nc1ccc(OC)cc1. The van der Waals surface area contributed by atoms with Crippen molar-refractivity contribution >= 4 is 27.7 Å². The minimum atomic E-state index is -3.67. The highest BCUT2D eigenvalue weighted by Gasteiger charge is 2.25. The second-order valence-corrected chi connectivity index (χ2v) is 7.60. The van der Waals surface area contributed by atoms with Crippen LogP contribution in [0.1, 0.15) is 20.3 Å². The molecular formula is C16H25N3O6S. The number of benzene rings is 1. The maximum Gasteiger partial charge on any atom is 0.405 e. The van der Waals surface area contributed by atoms with E-state index in [4.69, 9.17) is 9.84 Å². The number of rotatable bonds is 10. The number of amides is 2. The fraction of sp³-hybridized carbons (Fsp3) is 0.500. The number of carbonyl (C=O) groups is 2. The Bertz CT molecular complexity index is 705. The average molecular weight is 387 g/mol. The second-order valence-electron chi connectivity index (χ2n) is 5.75. The van der Waals surface area contributed by atoms with Crippen molar-refractivity contribution in [2.75, 3.05) is 24.1 Å². The molecule has 4 N–H and O–H groups in total. The van der Waals surface area contributed by atoms with E-state index in [2.05, 4.69) is 15.4 Å². The van der Waals surface area contributed by atoms with Crippen LogP contribution in [0.3, 0.4) is 0 Å². The number of anilines is 1. The van der Waals surface area contributed by atoms with Gasteiger partial charge in [0.1, 0.15) is 11.8 Å². The van der Waals surface area contributed by atoms with Gasteiger partial charge >= 0.3 is 6.09 Å². The van der Waals surface area contributed by atoms with Crippen LogP contribution in [0, 0.1) is 5.92 Å². The van der Waals surface area contributed by atoms with Crippen molar-refractivity contribution in [2.24, 2.45) is 5.92 Å². The van der Waals surface area contributed by atoms with Gasteiger partial charge in [0.05, 0.1) is 12.9 Å². The third-order valence-corrected chi connectivity index (χ3v) is 5.10. The Balaban J connectivity index is 2.57. The average Bonchev–Trinajstić information content (AvgIpc) is 2.58. The number of sulfonamides is 1. The number of carboxylic acid groups (broad SMARTS) is 1. The predicted molar refractivity (Wildman–Crippen MR) is 97.8 cm³/mol. The van der Waals surface area contributed by atoms with Crippen molar-refractivity contribution in [3.8, 4) is 5.75 Å². The second kappa shape index (κ2) is 9.85. The molecule has 2 atom stereocenters. The van der Waals surface area contributed by atoms with Crippen LogP contribution in [0.4, 0.5) is 10.5 Å². The van der Waals surface area contributed by atoms with Crippen LogP contribution in [0.25, 0.3) is 0 Å². The van der Waals surface area contributed by atoms with Gasteiger partial charge in [-0.1, -0.05) is 20.3 Å². The molecule has 0 saturated carbocycles. The van der Waals surface area contributed by atoms with E-state index in [-0.39, 0.29) is 18.2 Å². The minimum Gasteiger partial charge on any atom is -0.497 e. The molecule has 26 heavy (non-hydrogen) atoms. The van der Waals surface area contributed by atoms with Gasteiger partial charge in [0.15, 0.2) is 0 Å². The zero-order valence-corrected chi connectivity index (χ0v) is 15.8. The lowest BCUT2D eigenvalue weighted by Crippen LogP contribution is -2.50. The summed E-state index contributed by atoms with van der Waals surface area (Å²) in [5, 5.41) is 13.4. The summed E-state index contributed by atoms with van der Waals surface area (Å²) in [6.45, 7) is 3.43. The standard InChI is InChI=1S/C16H25N3O6S/c1-4-11(2)14(18-16(21)22)15(20)17-9-10-26(23,24)19-12-5-7-13(25-3)8-6-12/h5-8,11,14,18-19H,4,9-10H2,1-3H3,(H,17,20)(H,21,22)/t11-,14?/m0/s1. The summed E-state index contributed by atoms with van der Waals surface area (Å²) in [5.74, 6) is -0.519. The monoisotopic (exact) mass is 387 g/mol. The molecule has 10 heteroatoms. The van der Waals surface area contributed by atoms with E-state index in [9.17, 15) is 18.0 Å². The van der Waals surface area contributed by atoms with Gasteiger partial charge in [-0.2, -0.15) is 0 Å². The third kappa shape index (κ3) is 7.18. The highest BCUT2D eigenvalue weighted by molar-refractivity contribution is 7.92. The molecule has 9 nitrogen and oxygen atoms in total. The summed E-state index contributed by atoms with van der Waals surface area (Å²) >= 11 is 0. The molecule has 0 fully saturated rings. The van der Waals surface area contributed by atoms with Gasteiger partial charge in [-0.15, -0.1) is 0 Å². The largest absolute Gasteiger partial charge is 0.497 e. The number of methoxy groups -OCH3 is 1. The number of carbonyl (C=O) groups excluding carboxylic acids is 1. The Kier molecular flexibility index (Phi) is 8.17. The van der Waals surface area contributed by atoms with Gasteiger partial charge in [0.25, 0.3) is 0 Å². The van der Waals surface area contributed by atoms with Crippen molar-refractivity contribution in [1.29, 1.82) is 0 Å². The summed E-state index contributed by atoms with van der Waals surface area (Å²) in [4.78, 5) is 22.9. The van der Waals surface area contributed by atoms with Crippen LogP contribution in [0.15, 0.2) is 24.3 Å². The van der Waals surface area contributed by atoms with E-state index in [1.54, 1.807) is 31.2 Å². The van der Waals surface area contributed by atoms with Gasteiger partial charge in [0.2, 0.25) is 15.9 Å². The van der Waals surface area contributed by atoms with E-state index in [1.807, 2.05) is 6.92 Å². The molecule has 0 bridgehead atoms. The zero-order chi connectivity index (χ0) is 19.7. The van der Waals surface area contributed by atoms with Gasteiger partial charge in [-0.3, -0.25) is 9.52 Å². The summed E-state index contributed by atoms with van der Waals surface area (Å²) in [7, 11) is -2.16. The first-order valence-corrected chi connectivity index (χ1v) is 9.75. The maximum absolute atomic E-state index is 12.1. The Morgan fingerprint density at radius 2 is 1.85 bits per heavy atom. The molecule has 1 aromatic carbocycles. The topological polar surface area (TPSA) is 134 Å². The van der Waals surface area contributed by atoms with Crippen molar-refractivity contribution in [3.63, 3.8) is 0 Å². The molecule has 0 spiro atoms. The lowest BCUT2D eigenvalue weighted by molar-refractivity contribution is -0.124. The van der Waals surface area contributed by atoms with Crippen LogP contribution in [-0.4, -0.2) is 51.0 Å². The molecule has 0 aliphatic carbocycles. The van der Waals surface area contributed by atoms with E-state index in [0.717, 1.165) is 0 Å². The first kappa shape index (κ1) is 21.6. The zero-order valence-electron chi connectivity index (χ0n) is 15.0. The Hall–Kier alpha value is -2.49. The van der Waals surface area contributed by atoms with Crippen LogP contribution in [0.5, 0.6) is 5.75 Å². The lowest BCUT2D eigenvalue weighted by Gasteiger charge is -2.22. The maximum atomic E-state index is 12.1. The fourth-order valence-electron chi connectivity index (χ4n) is 2.14. The third-order valence-electron chi connectivity index (χ3n) is 3.81. The van der Waals surface area contributed by atoms with E-state index >= 15 is 0 Å². The lowest BCUT2D eigenvalue weighted by atomic mass is 9.98. The first-order valence-electron chi connectivity index (χ1n) is 8.10. The summed E-state index contributed by atoms with van der Waals surface area (Å²) in [6, 6.07) is 5.42. The van der Waals surface area contributed by atoms with Crippen LogP contribution in [-0.2, 0) is 14.8 Å². The molecule has 0 aliphatic heterocycles. The summed E-state index contributed by atoms with van der Waals surface area (Å²) < 4.78 is 31.5. The summed E-state index contributed by atoms with van der Waals surface area (Å²) in [5.41, 5.74) is 0.377. The minimum absolute atomic E-state index is 0.140. The Morgan fingerprint density at radius 1 is 1.23 bits per heavy atom. The molecule has 0 heterocycles. The molecule has 2 amide bonds. The fourth-order valence-corrected chi connectivity index (χ4v) is 3.11. The molecular weight excluding hydrogens is 362 g/mol. The molecule has 0 aromatic heterocycles. The Labute approximate surface area is 153 Å². The van der Waals surface area contributed by atoms with E-state index in [1.165, 1.54) is 7.11 Å². The smallest absolute Gasteiger partial charge is 0.405 e. The van der Waals surface area contributed by atoms with Gasteiger partial charge < -0.3 is 20.5 Å². The highest BCUT2D eigenvalue weighted by Crippen LogP contribution is 2.16. The number of hydrogen-bond acceptors (Lipinski definition) is 5. The quantitative estimate of drug-likeness (QED) is 0.477. The molecule has 0 aliphatic rings. The highest BCUT2D eigenvalue weighted by atomic mass is 32.2. The Morgan fingerprint density at radius 3 is 2.35 bits per heavy atom. The normalized spacial score (nSPS) is 13.3. The van der Waals surface area contributed by atoms with Crippen LogP contribution < -0.4 is 20.1 Å². The number of ether oxygens (including phenoxy) is 1. The predicted octanol–water partition coefficient (Wildman–Crippen LogP) is 1.24. The molecule has 0 saturated heterocycles. The molecule has 146 valence electrons. The molecule has 0 radical (unpaired) electrons. The molecule has 1 rings (SSSR count). The molecule has 1 unspecified atom stereocenters. The van der Waals surface area contributed by atoms with Crippen molar-refractivity contribution in [2.45, 2.75) is 26.3 Å². The van der Waals surface area contributed by atoms with E-state index in [0.29, 0.717) is 17.9 Å². The van der Waals surface area contributed by atoms with Gasteiger partial charge in [-0.25, -0.2) is 13.2 Å².